The van der Waals surface area contributed by atoms with E-state index in [4.69, 9.17) is 0 Å². The maximum absolute atomic E-state index is 12.7. The zero-order valence-corrected chi connectivity index (χ0v) is 14.2. The maximum atomic E-state index is 12.7. The van der Waals surface area contributed by atoms with Gasteiger partial charge in [0, 0.05) is 37.4 Å². The van der Waals surface area contributed by atoms with Gasteiger partial charge in [-0.25, -0.2) is 0 Å². The Morgan fingerprint density at radius 2 is 1.84 bits per heavy atom. The molecular formula is C18H19N3O4. The monoisotopic (exact) mass is 341 g/mol. The van der Waals surface area contributed by atoms with Gasteiger partial charge in [0.2, 0.25) is 5.91 Å². The van der Waals surface area contributed by atoms with E-state index in [2.05, 4.69) is 5.32 Å². The minimum absolute atomic E-state index is 0.0159. The third-order valence-corrected chi connectivity index (χ3v) is 3.89. The van der Waals surface area contributed by atoms with Gasteiger partial charge in [0.15, 0.2) is 0 Å². The smallest absolute Gasteiger partial charge is 0.269 e. The second-order valence-corrected chi connectivity index (χ2v) is 5.71. The summed E-state index contributed by atoms with van der Waals surface area (Å²) in [4.78, 5) is 35.8. The Bertz CT molecular complexity index is 819. The van der Waals surface area contributed by atoms with Gasteiger partial charge in [-0.15, -0.1) is 0 Å². The Kier molecular flexibility index (Phi) is 5.49. The highest BCUT2D eigenvalue weighted by Crippen LogP contribution is 2.24. The fraction of sp³-hybridized carbons (Fsp3) is 0.222. The molecule has 1 atom stereocenters. The van der Waals surface area contributed by atoms with Gasteiger partial charge < -0.3 is 10.2 Å². The van der Waals surface area contributed by atoms with Crippen molar-refractivity contribution in [3.05, 3.63) is 69.8 Å². The highest BCUT2D eigenvalue weighted by Gasteiger charge is 2.20. The van der Waals surface area contributed by atoms with Crippen molar-refractivity contribution in [3.63, 3.8) is 0 Å². The number of hydrogen-bond donors (Lipinski definition) is 1. The molecule has 2 aromatic carbocycles. The Labute approximate surface area is 145 Å². The van der Waals surface area contributed by atoms with Crippen molar-refractivity contribution in [3.8, 4) is 0 Å². The molecule has 0 aromatic heterocycles. The third-order valence-electron chi connectivity index (χ3n) is 3.89. The zero-order chi connectivity index (χ0) is 18.6. The lowest BCUT2D eigenvalue weighted by Gasteiger charge is -2.25. The first-order valence-electron chi connectivity index (χ1n) is 7.68. The molecule has 0 saturated heterocycles. The number of carbonyl (C=O) groups excluding carboxylic acids is 2. The summed E-state index contributed by atoms with van der Waals surface area (Å²) in [5.74, 6) is -0.464. The van der Waals surface area contributed by atoms with Crippen LogP contribution in [0.25, 0.3) is 0 Å². The van der Waals surface area contributed by atoms with E-state index >= 15 is 0 Å². The quantitative estimate of drug-likeness (QED) is 0.666. The van der Waals surface area contributed by atoms with Crippen molar-refractivity contribution in [2.24, 2.45) is 0 Å². The summed E-state index contributed by atoms with van der Waals surface area (Å²) >= 11 is 0. The normalized spacial score (nSPS) is 11.5. The summed E-state index contributed by atoms with van der Waals surface area (Å²) < 4.78 is 0. The van der Waals surface area contributed by atoms with E-state index in [0.717, 1.165) is 0 Å². The fourth-order valence-electron chi connectivity index (χ4n) is 2.43. The van der Waals surface area contributed by atoms with Crippen LogP contribution in [0.2, 0.25) is 0 Å². The Hall–Kier alpha value is -3.22. The van der Waals surface area contributed by atoms with E-state index in [-0.39, 0.29) is 23.5 Å². The summed E-state index contributed by atoms with van der Waals surface area (Å²) in [5, 5.41) is 13.6. The Morgan fingerprint density at radius 1 is 1.16 bits per heavy atom. The average Bonchev–Trinajstić information content (AvgIpc) is 2.59. The number of benzene rings is 2. The molecule has 0 aliphatic rings. The molecule has 0 aliphatic heterocycles. The van der Waals surface area contributed by atoms with Crippen LogP contribution >= 0.6 is 0 Å². The van der Waals surface area contributed by atoms with Crippen LogP contribution in [0.5, 0.6) is 0 Å². The van der Waals surface area contributed by atoms with Crippen LogP contribution in [-0.4, -0.2) is 28.7 Å². The molecule has 0 radical (unpaired) electrons. The molecule has 7 heteroatoms. The summed E-state index contributed by atoms with van der Waals surface area (Å²) in [6.45, 7) is 3.19. The van der Waals surface area contributed by atoms with E-state index in [0.29, 0.717) is 16.8 Å². The molecule has 2 aromatic rings. The molecule has 0 saturated carbocycles. The molecule has 130 valence electrons. The first-order valence-corrected chi connectivity index (χ1v) is 7.68. The van der Waals surface area contributed by atoms with Gasteiger partial charge in [-0.1, -0.05) is 18.2 Å². The maximum Gasteiger partial charge on any atom is 0.269 e. The van der Waals surface area contributed by atoms with Crippen molar-refractivity contribution < 1.29 is 14.5 Å². The summed E-state index contributed by atoms with van der Waals surface area (Å²) in [5.41, 5.74) is 1.61. The van der Waals surface area contributed by atoms with E-state index in [1.54, 1.807) is 50.4 Å². The van der Waals surface area contributed by atoms with Gasteiger partial charge in [0.05, 0.1) is 11.0 Å². The third kappa shape index (κ3) is 4.41. The number of nitrogens with one attached hydrogen (secondary N) is 1. The predicted molar refractivity (Wildman–Crippen MR) is 94.4 cm³/mol. The molecular weight excluding hydrogens is 322 g/mol. The number of anilines is 1. The number of nitrogens with zero attached hydrogens (tertiary/aromatic N) is 2. The van der Waals surface area contributed by atoms with E-state index < -0.39 is 4.92 Å². The zero-order valence-electron chi connectivity index (χ0n) is 14.2. The average molecular weight is 341 g/mol. The van der Waals surface area contributed by atoms with Crippen molar-refractivity contribution >= 4 is 23.2 Å². The van der Waals surface area contributed by atoms with E-state index in [9.17, 15) is 19.7 Å². The molecule has 2 rings (SSSR count). The molecule has 0 unspecified atom stereocenters. The summed E-state index contributed by atoms with van der Waals surface area (Å²) in [6.07, 6.45) is 0. The summed E-state index contributed by atoms with van der Waals surface area (Å²) in [7, 11) is 1.64. The topological polar surface area (TPSA) is 92.6 Å². The lowest BCUT2D eigenvalue weighted by atomic mass is 10.1. The highest BCUT2D eigenvalue weighted by molar-refractivity contribution is 5.96. The summed E-state index contributed by atoms with van der Waals surface area (Å²) in [6, 6.07) is 12.5. The van der Waals surface area contributed by atoms with Crippen molar-refractivity contribution in [2.45, 2.75) is 19.9 Å². The lowest BCUT2D eigenvalue weighted by molar-refractivity contribution is -0.384. The van der Waals surface area contributed by atoms with Gasteiger partial charge in [-0.2, -0.15) is 0 Å². The standard InChI is InChI=1S/C18H19N3O4/c1-12(14-6-5-9-17(11-14)21(24)25)20(3)18(23)15-7-4-8-16(10-15)19-13(2)22/h4-12H,1-3H3,(H,19,22)/t12-/m0/s1. The second kappa shape index (κ2) is 7.57. The van der Waals surface area contributed by atoms with Gasteiger partial charge in [0.1, 0.15) is 0 Å². The molecule has 0 aliphatic carbocycles. The van der Waals surface area contributed by atoms with E-state index in [1.165, 1.54) is 24.0 Å². The first kappa shape index (κ1) is 18.1. The number of carbonyl (C=O) groups is 2. The molecule has 1 N–H and O–H groups in total. The van der Waals surface area contributed by atoms with Gasteiger partial charge in [0.25, 0.3) is 11.6 Å². The number of nitro groups is 1. The molecule has 25 heavy (non-hydrogen) atoms. The molecule has 0 bridgehead atoms. The number of non-ortho nitro benzene ring substituents is 1. The van der Waals surface area contributed by atoms with Crippen LogP contribution in [0.3, 0.4) is 0 Å². The SMILES string of the molecule is CC(=O)Nc1cccc(C(=O)N(C)[C@@H](C)c2cccc([N+](=O)[O-])c2)c1. The minimum Gasteiger partial charge on any atom is -0.335 e. The molecule has 0 fully saturated rings. The Morgan fingerprint density at radius 3 is 2.48 bits per heavy atom. The number of rotatable bonds is 5. The van der Waals surface area contributed by atoms with Gasteiger partial charge in [-0.05, 0) is 30.7 Å². The van der Waals surface area contributed by atoms with Crippen LogP contribution in [0, 0.1) is 10.1 Å². The van der Waals surface area contributed by atoms with Crippen molar-refractivity contribution in [1.82, 2.24) is 4.90 Å². The molecule has 0 heterocycles. The van der Waals surface area contributed by atoms with Crippen LogP contribution < -0.4 is 5.32 Å². The van der Waals surface area contributed by atoms with Crippen LogP contribution in [0.15, 0.2) is 48.5 Å². The van der Waals surface area contributed by atoms with Crippen molar-refractivity contribution in [1.29, 1.82) is 0 Å². The predicted octanol–water partition coefficient (Wildman–Crippen LogP) is 3.39. The molecule has 0 spiro atoms. The largest absolute Gasteiger partial charge is 0.335 e. The van der Waals surface area contributed by atoms with Crippen molar-refractivity contribution in [2.75, 3.05) is 12.4 Å². The molecule has 2 amide bonds. The van der Waals surface area contributed by atoms with Crippen LogP contribution in [0.1, 0.15) is 35.8 Å². The number of amides is 2. The van der Waals surface area contributed by atoms with Crippen LogP contribution in [-0.2, 0) is 4.79 Å². The van der Waals surface area contributed by atoms with Gasteiger partial charge >= 0.3 is 0 Å². The van der Waals surface area contributed by atoms with E-state index in [1.807, 2.05) is 0 Å². The first-order chi connectivity index (χ1) is 11.8. The van der Waals surface area contributed by atoms with Gasteiger partial charge in [-0.3, -0.25) is 19.7 Å². The fourth-order valence-corrected chi connectivity index (χ4v) is 2.43. The minimum atomic E-state index is -0.463. The highest BCUT2D eigenvalue weighted by atomic mass is 16.6. The number of hydrogen-bond acceptors (Lipinski definition) is 4. The molecule has 7 nitrogen and oxygen atoms in total. The number of nitro benzene ring substituents is 1. The lowest BCUT2D eigenvalue weighted by Crippen LogP contribution is -2.29. The Balaban J connectivity index is 2.23. The second-order valence-electron chi connectivity index (χ2n) is 5.71. The van der Waals surface area contributed by atoms with Crippen LogP contribution in [0.4, 0.5) is 11.4 Å².